The molecule has 0 aliphatic carbocycles. The van der Waals surface area contributed by atoms with Crippen molar-refractivity contribution in [1.82, 2.24) is 4.90 Å². The van der Waals surface area contributed by atoms with Gasteiger partial charge >= 0.3 is 0 Å². The molecule has 0 radical (unpaired) electrons. The van der Waals surface area contributed by atoms with Crippen LogP contribution in [0.5, 0.6) is 0 Å². The molecule has 0 unspecified atom stereocenters. The van der Waals surface area contributed by atoms with Gasteiger partial charge in [0, 0.05) is 19.5 Å². The summed E-state index contributed by atoms with van der Waals surface area (Å²) in [6, 6.07) is 0. The minimum absolute atomic E-state index is 0.00709. The van der Waals surface area contributed by atoms with Gasteiger partial charge < -0.3 is 22.1 Å². The van der Waals surface area contributed by atoms with Gasteiger partial charge in [-0.2, -0.15) is 4.99 Å². The van der Waals surface area contributed by atoms with Gasteiger partial charge in [-0.1, -0.05) is 0 Å². The van der Waals surface area contributed by atoms with Gasteiger partial charge in [0.25, 0.3) is 0 Å². The second-order valence-corrected chi connectivity index (χ2v) is 3.09. The normalized spacial score (nSPS) is 11.0. The Bertz CT molecular complexity index is 278. The van der Waals surface area contributed by atoms with E-state index in [0.717, 1.165) is 0 Å². The van der Waals surface area contributed by atoms with Crippen LogP contribution in [-0.2, 0) is 4.79 Å². The van der Waals surface area contributed by atoms with Gasteiger partial charge in [0.05, 0.1) is 6.54 Å². The minimum Gasteiger partial charge on any atom is -0.370 e. The van der Waals surface area contributed by atoms with Gasteiger partial charge in [0.1, 0.15) is 0 Å². The Morgan fingerprint density at radius 3 is 2.19 bits per heavy atom. The second kappa shape index (κ2) is 7.49. The third-order valence-electron chi connectivity index (χ3n) is 1.96. The Labute approximate surface area is 95.4 Å². The standard InChI is InChI=1S/C9H20N6O/c1-3-15(4-2)7(16)5-6-13-9(12)14-8(10)11/h3-6H2,1-2H3,(H6,10,11,12,13,14). The molecule has 0 aliphatic rings. The summed E-state index contributed by atoms with van der Waals surface area (Å²) in [6.45, 7) is 5.54. The Morgan fingerprint density at radius 1 is 1.19 bits per heavy atom. The predicted octanol–water partition coefficient (Wildman–Crippen LogP) is -1.17. The summed E-state index contributed by atoms with van der Waals surface area (Å²) in [4.78, 5) is 20.7. The van der Waals surface area contributed by atoms with Crippen molar-refractivity contribution in [2.45, 2.75) is 20.3 Å². The molecule has 0 atom stereocenters. The lowest BCUT2D eigenvalue weighted by molar-refractivity contribution is -0.130. The molecule has 0 heterocycles. The third kappa shape index (κ3) is 5.84. The summed E-state index contributed by atoms with van der Waals surface area (Å²) < 4.78 is 0. The van der Waals surface area contributed by atoms with Gasteiger partial charge in [-0.3, -0.25) is 9.79 Å². The van der Waals surface area contributed by atoms with E-state index in [1.807, 2.05) is 13.8 Å². The van der Waals surface area contributed by atoms with Gasteiger partial charge in [-0.25, -0.2) is 0 Å². The van der Waals surface area contributed by atoms with E-state index in [1.165, 1.54) is 0 Å². The summed E-state index contributed by atoms with van der Waals surface area (Å²) in [5, 5.41) is 0. The highest BCUT2D eigenvalue weighted by Crippen LogP contribution is 1.94. The summed E-state index contributed by atoms with van der Waals surface area (Å²) in [6.07, 6.45) is 0.308. The van der Waals surface area contributed by atoms with Crippen LogP contribution in [0.15, 0.2) is 9.98 Å². The lowest BCUT2D eigenvalue weighted by Crippen LogP contribution is -2.31. The quantitative estimate of drug-likeness (QED) is 0.405. The van der Waals surface area contributed by atoms with Crippen molar-refractivity contribution in [1.29, 1.82) is 0 Å². The molecule has 7 nitrogen and oxygen atoms in total. The van der Waals surface area contributed by atoms with Crippen molar-refractivity contribution >= 4 is 17.8 Å². The zero-order chi connectivity index (χ0) is 12.6. The molecule has 0 saturated heterocycles. The van der Waals surface area contributed by atoms with Crippen LogP contribution < -0.4 is 17.2 Å². The second-order valence-electron chi connectivity index (χ2n) is 3.09. The number of carbonyl (C=O) groups is 1. The molecular weight excluding hydrogens is 208 g/mol. The van der Waals surface area contributed by atoms with E-state index in [0.29, 0.717) is 19.5 Å². The van der Waals surface area contributed by atoms with Crippen molar-refractivity contribution < 1.29 is 4.79 Å². The minimum atomic E-state index is -0.142. The number of amides is 1. The van der Waals surface area contributed by atoms with E-state index < -0.39 is 0 Å². The molecule has 0 bridgehead atoms. The van der Waals surface area contributed by atoms with E-state index in [2.05, 4.69) is 9.98 Å². The van der Waals surface area contributed by atoms with Crippen molar-refractivity contribution in [2.75, 3.05) is 19.6 Å². The first-order valence-electron chi connectivity index (χ1n) is 5.18. The lowest BCUT2D eigenvalue weighted by Gasteiger charge is -2.17. The molecule has 0 saturated carbocycles. The molecule has 0 aliphatic heterocycles. The van der Waals surface area contributed by atoms with Gasteiger partial charge in [-0.05, 0) is 13.8 Å². The summed E-state index contributed by atoms with van der Waals surface area (Å²) >= 11 is 0. The maximum atomic E-state index is 11.5. The van der Waals surface area contributed by atoms with Crippen LogP contribution in [0.25, 0.3) is 0 Å². The lowest BCUT2D eigenvalue weighted by atomic mass is 10.3. The number of carbonyl (C=O) groups excluding carboxylic acids is 1. The van der Waals surface area contributed by atoms with E-state index in [1.54, 1.807) is 4.90 Å². The van der Waals surface area contributed by atoms with Gasteiger partial charge in [0.15, 0.2) is 5.96 Å². The molecule has 0 aromatic carbocycles. The van der Waals surface area contributed by atoms with Crippen LogP contribution in [0.4, 0.5) is 0 Å². The zero-order valence-corrected chi connectivity index (χ0v) is 9.81. The molecule has 1 amide bonds. The number of aliphatic imine (C=N–C) groups is 2. The smallest absolute Gasteiger partial charge is 0.224 e. The Balaban J connectivity index is 4.07. The molecule has 0 aromatic heterocycles. The first kappa shape index (κ1) is 14.2. The van der Waals surface area contributed by atoms with Crippen molar-refractivity contribution in [2.24, 2.45) is 27.2 Å². The fourth-order valence-electron chi connectivity index (χ4n) is 1.17. The molecule has 16 heavy (non-hydrogen) atoms. The molecular formula is C9H20N6O. The highest BCUT2D eigenvalue weighted by molar-refractivity contribution is 5.92. The topological polar surface area (TPSA) is 123 Å². The molecule has 6 N–H and O–H groups in total. The number of guanidine groups is 2. The maximum absolute atomic E-state index is 11.5. The molecule has 0 fully saturated rings. The number of rotatable bonds is 5. The molecule has 0 rings (SSSR count). The van der Waals surface area contributed by atoms with Gasteiger partial charge in [-0.15, -0.1) is 0 Å². The average Bonchev–Trinajstić information content (AvgIpc) is 2.18. The first-order valence-corrected chi connectivity index (χ1v) is 5.18. The number of nitrogens with two attached hydrogens (primary N) is 3. The third-order valence-corrected chi connectivity index (χ3v) is 1.96. The van der Waals surface area contributed by atoms with E-state index in [4.69, 9.17) is 17.2 Å². The predicted molar refractivity (Wildman–Crippen MR) is 64.8 cm³/mol. The van der Waals surface area contributed by atoms with E-state index in [-0.39, 0.29) is 24.4 Å². The van der Waals surface area contributed by atoms with E-state index >= 15 is 0 Å². The maximum Gasteiger partial charge on any atom is 0.224 e. The van der Waals surface area contributed by atoms with Gasteiger partial charge in [0.2, 0.25) is 11.9 Å². The van der Waals surface area contributed by atoms with Crippen LogP contribution in [0, 0.1) is 0 Å². The van der Waals surface area contributed by atoms with Crippen LogP contribution in [0.2, 0.25) is 0 Å². The van der Waals surface area contributed by atoms with E-state index in [9.17, 15) is 4.79 Å². The number of hydrogen-bond donors (Lipinski definition) is 3. The Morgan fingerprint density at radius 2 is 1.75 bits per heavy atom. The summed E-state index contributed by atoms with van der Waals surface area (Å²) in [5.41, 5.74) is 15.6. The highest BCUT2D eigenvalue weighted by atomic mass is 16.2. The van der Waals surface area contributed by atoms with Crippen LogP contribution in [0.3, 0.4) is 0 Å². The largest absolute Gasteiger partial charge is 0.370 e. The SMILES string of the molecule is CCN(CC)C(=O)CCN=C(N)N=C(N)N. The molecule has 7 heteroatoms. The summed E-state index contributed by atoms with van der Waals surface area (Å²) in [5.74, 6) is -0.102. The van der Waals surface area contributed by atoms with Crippen molar-refractivity contribution in [3.8, 4) is 0 Å². The number of hydrogen-bond acceptors (Lipinski definition) is 2. The Hall–Kier alpha value is -1.79. The highest BCUT2D eigenvalue weighted by Gasteiger charge is 2.07. The monoisotopic (exact) mass is 228 g/mol. The van der Waals surface area contributed by atoms with Crippen molar-refractivity contribution in [3.63, 3.8) is 0 Å². The molecule has 0 spiro atoms. The molecule has 0 aromatic rings. The van der Waals surface area contributed by atoms with Crippen molar-refractivity contribution in [3.05, 3.63) is 0 Å². The van der Waals surface area contributed by atoms with Crippen LogP contribution in [0.1, 0.15) is 20.3 Å². The van der Waals surface area contributed by atoms with Crippen LogP contribution >= 0.6 is 0 Å². The fourth-order valence-corrected chi connectivity index (χ4v) is 1.17. The zero-order valence-electron chi connectivity index (χ0n) is 9.81. The number of nitrogens with zero attached hydrogens (tertiary/aromatic N) is 3. The molecule has 92 valence electrons. The summed E-state index contributed by atoms with van der Waals surface area (Å²) in [7, 11) is 0. The average molecular weight is 228 g/mol. The Kier molecular flexibility index (Phi) is 6.66. The van der Waals surface area contributed by atoms with Crippen LogP contribution in [-0.4, -0.2) is 42.4 Å². The fraction of sp³-hybridized carbons (Fsp3) is 0.667. The first-order chi connectivity index (χ1) is 7.51.